The van der Waals surface area contributed by atoms with Gasteiger partial charge in [0, 0.05) is 52.3 Å². The van der Waals surface area contributed by atoms with Crippen LogP contribution in [0.25, 0.3) is 10.9 Å². The predicted molar refractivity (Wildman–Crippen MR) is 108 cm³/mol. The van der Waals surface area contributed by atoms with Crippen molar-refractivity contribution in [2.24, 2.45) is 0 Å². The minimum atomic E-state index is -4.31. The van der Waals surface area contributed by atoms with Gasteiger partial charge in [-0.1, -0.05) is 12.1 Å². The summed E-state index contributed by atoms with van der Waals surface area (Å²) < 4.78 is 42.1. The molecular weight excluding hydrogens is 417 g/mol. The maximum atomic E-state index is 12.6. The molecule has 0 saturated carbocycles. The normalized spacial score (nSPS) is 15.5. The summed E-state index contributed by atoms with van der Waals surface area (Å²) in [6.45, 7) is 1.87. The van der Waals surface area contributed by atoms with Crippen LogP contribution in [-0.2, 0) is 16.1 Å². The number of rotatable bonds is 8. The van der Waals surface area contributed by atoms with Gasteiger partial charge in [0.2, 0.25) is 5.91 Å². The van der Waals surface area contributed by atoms with Crippen LogP contribution in [0.5, 0.6) is 0 Å². The molecule has 1 saturated heterocycles. The van der Waals surface area contributed by atoms with Crippen molar-refractivity contribution in [3.05, 3.63) is 45.1 Å². The van der Waals surface area contributed by atoms with E-state index in [2.05, 4.69) is 14.6 Å². The number of aromatic amines is 1. The molecule has 0 unspecified atom stereocenters. The minimum absolute atomic E-state index is 0.0422. The minimum Gasteiger partial charge on any atom is -0.372 e. The molecule has 2 heterocycles. The van der Waals surface area contributed by atoms with Crippen molar-refractivity contribution in [1.82, 2.24) is 19.4 Å². The van der Waals surface area contributed by atoms with Crippen molar-refractivity contribution in [2.45, 2.75) is 25.6 Å². The van der Waals surface area contributed by atoms with E-state index in [0.29, 0.717) is 50.0 Å². The highest BCUT2D eigenvalue weighted by Gasteiger charge is 2.27. The van der Waals surface area contributed by atoms with Crippen LogP contribution in [0.4, 0.5) is 13.2 Å². The summed E-state index contributed by atoms with van der Waals surface area (Å²) in [7, 11) is 0. The smallest absolute Gasteiger partial charge is 0.372 e. The summed E-state index contributed by atoms with van der Waals surface area (Å²) in [6, 6.07) is 6.74. The van der Waals surface area contributed by atoms with Gasteiger partial charge in [-0.3, -0.25) is 24.0 Å². The van der Waals surface area contributed by atoms with Crippen molar-refractivity contribution in [3.63, 3.8) is 0 Å². The number of nitrogens with zero attached hydrogens (tertiary/aromatic N) is 3. The molecule has 1 aromatic carbocycles. The van der Waals surface area contributed by atoms with E-state index in [0.717, 1.165) is 0 Å². The summed E-state index contributed by atoms with van der Waals surface area (Å²) in [5, 5.41) is 0.391. The molecule has 1 N–H and O–H groups in total. The fraction of sp³-hybridized carbons (Fsp3) is 0.550. The lowest BCUT2D eigenvalue weighted by Crippen LogP contribution is -2.49. The summed E-state index contributed by atoms with van der Waals surface area (Å²) in [6.07, 6.45) is -3.69. The van der Waals surface area contributed by atoms with Gasteiger partial charge in [0.05, 0.1) is 10.9 Å². The molecule has 8 nitrogen and oxygen atoms in total. The number of alkyl halides is 3. The first-order chi connectivity index (χ1) is 14.7. The Kier molecular flexibility index (Phi) is 7.50. The number of nitrogens with one attached hydrogen (secondary N) is 1. The van der Waals surface area contributed by atoms with E-state index in [4.69, 9.17) is 0 Å². The van der Waals surface area contributed by atoms with E-state index >= 15 is 0 Å². The Morgan fingerprint density at radius 3 is 2.48 bits per heavy atom. The number of carbonyl (C=O) groups excluding carboxylic acids is 1. The molecule has 0 spiro atoms. The van der Waals surface area contributed by atoms with Crippen molar-refractivity contribution < 1.29 is 22.7 Å². The van der Waals surface area contributed by atoms with E-state index < -0.39 is 24.0 Å². The van der Waals surface area contributed by atoms with Gasteiger partial charge in [0.25, 0.3) is 5.56 Å². The number of aryl methyl sites for hydroxylation is 1. The number of para-hydroxylation sites is 1. The molecule has 0 bridgehead atoms. The van der Waals surface area contributed by atoms with Gasteiger partial charge in [-0.05, 0) is 18.6 Å². The molecule has 0 radical (unpaired) electrons. The number of halogens is 3. The van der Waals surface area contributed by atoms with E-state index in [9.17, 15) is 27.6 Å². The van der Waals surface area contributed by atoms with E-state index in [1.807, 2.05) is 0 Å². The molecule has 1 aliphatic rings. The second kappa shape index (κ2) is 10.1. The Hall–Kier alpha value is -2.66. The molecule has 1 amide bonds. The maximum absolute atomic E-state index is 12.6. The molecule has 1 aliphatic heterocycles. The third-order valence-electron chi connectivity index (χ3n) is 5.21. The van der Waals surface area contributed by atoms with Crippen LogP contribution in [0.15, 0.2) is 33.9 Å². The summed E-state index contributed by atoms with van der Waals surface area (Å²) >= 11 is 0. The topological polar surface area (TPSA) is 87.6 Å². The lowest BCUT2D eigenvalue weighted by atomic mass is 10.2. The zero-order valence-electron chi connectivity index (χ0n) is 17.0. The number of benzene rings is 1. The Labute approximate surface area is 176 Å². The SMILES string of the molecule is O=C(CCn1c(=O)[nH]c(=O)c2ccccc21)N1CCN(CCCOCC(F)(F)F)CC1. The third-order valence-corrected chi connectivity index (χ3v) is 5.21. The molecule has 1 fully saturated rings. The monoisotopic (exact) mass is 442 g/mol. The van der Waals surface area contributed by atoms with Crippen molar-refractivity contribution in [2.75, 3.05) is 45.9 Å². The molecule has 2 aromatic rings. The molecule has 3 rings (SSSR count). The van der Waals surface area contributed by atoms with Crippen LogP contribution in [0, 0.1) is 0 Å². The van der Waals surface area contributed by atoms with Gasteiger partial charge in [-0.15, -0.1) is 0 Å². The van der Waals surface area contributed by atoms with Gasteiger partial charge in [-0.25, -0.2) is 4.79 Å². The van der Waals surface area contributed by atoms with Crippen molar-refractivity contribution in [1.29, 1.82) is 0 Å². The van der Waals surface area contributed by atoms with E-state index in [1.165, 1.54) is 4.57 Å². The van der Waals surface area contributed by atoms with Gasteiger partial charge >= 0.3 is 11.9 Å². The number of ether oxygens (including phenoxy) is 1. The van der Waals surface area contributed by atoms with Crippen LogP contribution in [-0.4, -0.2) is 77.4 Å². The Balaban J connectivity index is 1.45. The predicted octanol–water partition coefficient (Wildman–Crippen LogP) is 1.19. The van der Waals surface area contributed by atoms with E-state index in [-0.39, 0.29) is 25.5 Å². The van der Waals surface area contributed by atoms with Crippen LogP contribution < -0.4 is 11.2 Å². The quantitative estimate of drug-likeness (QED) is 0.621. The van der Waals surface area contributed by atoms with Crippen molar-refractivity contribution in [3.8, 4) is 0 Å². The molecule has 170 valence electrons. The summed E-state index contributed by atoms with van der Waals surface area (Å²) in [5.41, 5.74) is -0.515. The number of aromatic nitrogens is 2. The second-order valence-electron chi connectivity index (χ2n) is 7.42. The van der Waals surface area contributed by atoms with Crippen LogP contribution in [0.3, 0.4) is 0 Å². The average molecular weight is 442 g/mol. The fourth-order valence-corrected chi connectivity index (χ4v) is 3.63. The summed E-state index contributed by atoms with van der Waals surface area (Å²) in [4.78, 5) is 42.8. The maximum Gasteiger partial charge on any atom is 0.411 e. The van der Waals surface area contributed by atoms with Gasteiger partial charge in [-0.2, -0.15) is 13.2 Å². The number of fused-ring (bicyclic) bond motifs is 1. The number of hydrogen-bond donors (Lipinski definition) is 1. The van der Waals surface area contributed by atoms with Gasteiger partial charge in [0.1, 0.15) is 6.61 Å². The second-order valence-corrected chi connectivity index (χ2v) is 7.42. The summed E-state index contributed by atoms with van der Waals surface area (Å²) in [5.74, 6) is -0.0876. The van der Waals surface area contributed by atoms with Gasteiger partial charge in [0.15, 0.2) is 0 Å². The van der Waals surface area contributed by atoms with Crippen LogP contribution >= 0.6 is 0 Å². The van der Waals surface area contributed by atoms with Crippen LogP contribution in [0.2, 0.25) is 0 Å². The number of piperazine rings is 1. The van der Waals surface area contributed by atoms with Crippen LogP contribution in [0.1, 0.15) is 12.8 Å². The number of hydrogen-bond acceptors (Lipinski definition) is 5. The van der Waals surface area contributed by atoms with Gasteiger partial charge < -0.3 is 9.64 Å². The first-order valence-electron chi connectivity index (χ1n) is 10.1. The number of carbonyl (C=O) groups is 1. The molecule has 1 aromatic heterocycles. The zero-order chi connectivity index (χ0) is 22.4. The highest BCUT2D eigenvalue weighted by atomic mass is 19.4. The Morgan fingerprint density at radius 1 is 1.06 bits per heavy atom. The first kappa shape index (κ1) is 23.0. The highest BCUT2D eigenvalue weighted by Crippen LogP contribution is 2.14. The lowest BCUT2D eigenvalue weighted by molar-refractivity contribution is -0.174. The molecular formula is C20H25F3N4O4. The number of H-pyrrole nitrogens is 1. The molecule has 0 atom stereocenters. The Morgan fingerprint density at radius 2 is 1.77 bits per heavy atom. The third kappa shape index (κ3) is 6.41. The standard InChI is InChI=1S/C20H25F3N4O4/c21-20(22,23)14-31-13-3-7-25-9-11-26(12-10-25)17(28)6-8-27-16-5-2-1-4-15(16)18(29)24-19(27)30/h1-2,4-5H,3,6-14H2,(H,24,29,30). The molecule has 0 aliphatic carbocycles. The van der Waals surface area contributed by atoms with Crippen molar-refractivity contribution >= 4 is 16.8 Å². The largest absolute Gasteiger partial charge is 0.411 e. The Bertz CT molecular complexity index is 1010. The highest BCUT2D eigenvalue weighted by molar-refractivity contribution is 5.79. The average Bonchev–Trinajstić information content (AvgIpc) is 2.73. The lowest BCUT2D eigenvalue weighted by Gasteiger charge is -2.34. The number of amides is 1. The molecule has 31 heavy (non-hydrogen) atoms. The first-order valence-corrected chi connectivity index (χ1v) is 10.1. The fourth-order valence-electron chi connectivity index (χ4n) is 3.63. The zero-order valence-corrected chi connectivity index (χ0v) is 17.0. The molecule has 11 heteroatoms. The van der Waals surface area contributed by atoms with E-state index in [1.54, 1.807) is 29.2 Å².